The van der Waals surface area contributed by atoms with Crippen LogP contribution in [0, 0.1) is 13.8 Å². The van der Waals surface area contributed by atoms with Gasteiger partial charge in [-0.15, -0.1) is 11.3 Å². The van der Waals surface area contributed by atoms with Crippen molar-refractivity contribution in [1.82, 2.24) is 15.0 Å². The summed E-state index contributed by atoms with van der Waals surface area (Å²) < 4.78 is 0. The lowest BCUT2D eigenvalue weighted by Crippen LogP contribution is -2.08. The van der Waals surface area contributed by atoms with Crippen LogP contribution in [-0.4, -0.2) is 21.5 Å². The van der Waals surface area contributed by atoms with Gasteiger partial charge in [-0.3, -0.25) is 0 Å². The number of halogens is 1. The molecule has 17 heavy (non-hydrogen) atoms. The number of nitrogens with zero attached hydrogens (tertiary/aromatic N) is 3. The molecule has 2 aromatic heterocycles. The fourth-order valence-corrected chi connectivity index (χ4v) is 2.31. The van der Waals surface area contributed by atoms with Gasteiger partial charge in [-0.2, -0.15) is 0 Å². The monoisotopic (exact) mass is 268 g/mol. The van der Waals surface area contributed by atoms with Crippen molar-refractivity contribution in [2.24, 2.45) is 0 Å². The minimum Gasteiger partial charge on any atom is -0.369 e. The molecule has 6 heteroatoms. The van der Waals surface area contributed by atoms with Crippen LogP contribution in [0.25, 0.3) is 0 Å². The Morgan fingerprint density at radius 2 is 2.18 bits per heavy atom. The average Bonchev–Trinajstić information content (AvgIpc) is 2.69. The van der Waals surface area contributed by atoms with Crippen LogP contribution in [-0.2, 0) is 6.42 Å². The number of thiazole rings is 1. The summed E-state index contributed by atoms with van der Waals surface area (Å²) >= 11 is 7.43. The number of nitrogens with one attached hydrogen (secondary N) is 1. The average molecular weight is 269 g/mol. The number of hydrogen-bond acceptors (Lipinski definition) is 5. The highest BCUT2D eigenvalue weighted by molar-refractivity contribution is 7.09. The molecule has 0 radical (unpaired) electrons. The van der Waals surface area contributed by atoms with Gasteiger partial charge in [-0.25, -0.2) is 15.0 Å². The molecule has 0 bridgehead atoms. The van der Waals surface area contributed by atoms with Crippen LogP contribution >= 0.6 is 22.9 Å². The molecule has 0 fully saturated rings. The van der Waals surface area contributed by atoms with Crippen molar-refractivity contribution in [2.45, 2.75) is 20.3 Å². The van der Waals surface area contributed by atoms with Crippen LogP contribution in [0.1, 0.15) is 16.3 Å². The number of aromatic nitrogens is 3. The van der Waals surface area contributed by atoms with E-state index in [-0.39, 0.29) is 5.28 Å². The maximum atomic E-state index is 5.74. The van der Waals surface area contributed by atoms with Crippen LogP contribution in [0.5, 0.6) is 0 Å². The second-order valence-electron chi connectivity index (χ2n) is 3.73. The first-order valence-electron chi connectivity index (χ1n) is 5.29. The van der Waals surface area contributed by atoms with Crippen molar-refractivity contribution in [3.63, 3.8) is 0 Å². The van der Waals surface area contributed by atoms with Crippen molar-refractivity contribution in [2.75, 3.05) is 11.9 Å². The van der Waals surface area contributed by atoms with E-state index in [1.807, 2.05) is 13.8 Å². The number of aryl methyl sites for hydroxylation is 2. The molecular weight excluding hydrogens is 256 g/mol. The summed E-state index contributed by atoms with van der Waals surface area (Å²) in [6.45, 7) is 4.75. The Morgan fingerprint density at radius 1 is 1.35 bits per heavy atom. The summed E-state index contributed by atoms with van der Waals surface area (Å²) in [5.41, 5.74) is 2.07. The third-order valence-electron chi connectivity index (χ3n) is 2.24. The summed E-state index contributed by atoms with van der Waals surface area (Å²) in [6, 6.07) is 0. The molecular formula is C11H13ClN4S. The highest BCUT2D eigenvalue weighted by atomic mass is 35.5. The third kappa shape index (κ3) is 3.38. The van der Waals surface area contributed by atoms with E-state index in [1.54, 1.807) is 17.5 Å². The van der Waals surface area contributed by atoms with Crippen molar-refractivity contribution in [3.05, 3.63) is 33.1 Å². The maximum Gasteiger partial charge on any atom is 0.224 e. The predicted octanol–water partition coefficient (Wildman–Crippen LogP) is 2.86. The number of hydrogen-bond donors (Lipinski definition) is 1. The predicted molar refractivity (Wildman–Crippen MR) is 70.8 cm³/mol. The van der Waals surface area contributed by atoms with Gasteiger partial charge >= 0.3 is 0 Å². The molecule has 0 atom stereocenters. The molecule has 0 spiro atoms. The van der Waals surface area contributed by atoms with E-state index in [1.165, 1.54) is 0 Å². The van der Waals surface area contributed by atoms with Gasteiger partial charge in [0.15, 0.2) is 0 Å². The summed E-state index contributed by atoms with van der Waals surface area (Å²) in [6.07, 6.45) is 2.60. The minimum absolute atomic E-state index is 0.267. The van der Waals surface area contributed by atoms with E-state index in [4.69, 9.17) is 11.6 Å². The van der Waals surface area contributed by atoms with E-state index < -0.39 is 0 Å². The van der Waals surface area contributed by atoms with E-state index in [0.717, 1.165) is 35.0 Å². The number of anilines is 1. The van der Waals surface area contributed by atoms with Gasteiger partial charge in [0.2, 0.25) is 5.28 Å². The molecule has 0 amide bonds. The van der Waals surface area contributed by atoms with Gasteiger partial charge in [-0.05, 0) is 25.4 Å². The first-order chi connectivity index (χ1) is 8.15. The summed E-state index contributed by atoms with van der Waals surface area (Å²) in [5, 5.41) is 6.70. The zero-order chi connectivity index (χ0) is 12.3. The lowest BCUT2D eigenvalue weighted by atomic mass is 10.3. The van der Waals surface area contributed by atoms with Gasteiger partial charge in [0.1, 0.15) is 5.82 Å². The molecule has 0 saturated heterocycles. The smallest absolute Gasteiger partial charge is 0.224 e. The first-order valence-corrected chi connectivity index (χ1v) is 6.55. The van der Waals surface area contributed by atoms with E-state index in [2.05, 4.69) is 25.6 Å². The summed E-state index contributed by atoms with van der Waals surface area (Å²) in [7, 11) is 0. The lowest BCUT2D eigenvalue weighted by molar-refractivity contribution is 0.968. The zero-order valence-electron chi connectivity index (χ0n) is 9.70. The Morgan fingerprint density at radius 3 is 2.88 bits per heavy atom. The summed E-state index contributed by atoms with van der Waals surface area (Å²) in [4.78, 5) is 12.4. The van der Waals surface area contributed by atoms with Gasteiger partial charge < -0.3 is 5.32 Å². The van der Waals surface area contributed by atoms with Gasteiger partial charge in [0, 0.05) is 35.8 Å². The Bertz CT molecular complexity index is 512. The molecule has 4 nitrogen and oxygen atoms in total. The molecule has 0 aliphatic carbocycles. The normalized spacial score (nSPS) is 10.5. The summed E-state index contributed by atoms with van der Waals surface area (Å²) in [5.74, 6) is 0.790. The quantitative estimate of drug-likeness (QED) is 0.867. The molecule has 0 aromatic carbocycles. The Labute approximate surface area is 109 Å². The molecule has 2 rings (SSSR count). The number of rotatable bonds is 4. The van der Waals surface area contributed by atoms with Crippen LogP contribution in [0.2, 0.25) is 5.28 Å². The van der Waals surface area contributed by atoms with Crippen molar-refractivity contribution >= 4 is 28.8 Å². The highest BCUT2D eigenvalue weighted by Gasteiger charge is 2.03. The van der Waals surface area contributed by atoms with Crippen LogP contribution in [0.15, 0.2) is 11.6 Å². The molecule has 2 heterocycles. The van der Waals surface area contributed by atoms with Gasteiger partial charge in [0.25, 0.3) is 0 Å². The fourth-order valence-electron chi connectivity index (χ4n) is 1.40. The maximum absolute atomic E-state index is 5.74. The van der Waals surface area contributed by atoms with E-state index in [9.17, 15) is 0 Å². The largest absolute Gasteiger partial charge is 0.369 e. The van der Waals surface area contributed by atoms with Crippen molar-refractivity contribution in [3.8, 4) is 0 Å². The third-order valence-corrected chi connectivity index (χ3v) is 3.45. The lowest BCUT2D eigenvalue weighted by Gasteiger charge is -2.06. The van der Waals surface area contributed by atoms with Crippen LogP contribution < -0.4 is 5.32 Å². The van der Waals surface area contributed by atoms with Crippen LogP contribution in [0.4, 0.5) is 5.82 Å². The second-order valence-corrected chi connectivity index (χ2v) is 5.01. The van der Waals surface area contributed by atoms with Gasteiger partial charge in [0.05, 0.1) is 5.01 Å². The van der Waals surface area contributed by atoms with Crippen molar-refractivity contribution in [1.29, 1.82) is 0 Å². The Balaban J connectivity index is 1.91. The first kappa shape index (κ1) is 12.3. The fraction of sp³-hybridized carbons (Fsp3) is 0.364. The molecule has 0 unspecified atom stereocenters. The van der Waals surface area contributed by atoms with Crippen LogP contribution in [0.3, 0.4) is 0 Å². The minimum atomic E-state index is 0.267. The highest BCUT2D eigenvalue weighted by Crippen LogP contribution is 2.13. The molecule has 0 aliphatic rings. The zero-order valence-corrected chi connectivity index (χ0v) is 11.3. The molecule has 90 valence electrons. The standard InChI is InChI=1S/C11H13ClN4S/c1-7-5-14-11(12)16-10(7)13-4-3-9-15-8(2)6-17-9/h5-6H,3-4H2,1-2H3,(H,13,14,16). The topological polar surface area (TPSA) is 50.7 Å². The second kappa shape index (κ2) is 5.42. The molecule has 0 saturated carbocycles. The van der Waals surface area contributed by atoms with Crippen molar-refractivity contribution < 1.29 is 0 Å². The Hall–Kier alpha value is -1.20. The SMILES string of the molecule is Cc1csc(CCNc2nc(Cl)ncc2C)n1. The Kier molecular flexibility index (Phi) is 3.91. The van der Waals surface area contributed by atoms with E-state index in [0.29, 0.717) is 0 Å². The van der Waals surface area contributed by atoms with Gasteiger partial charge in [-0.1, -0.05) is 0 Å². The van der Waals surface area contributed by atoms with E-state index >= 15 is 0 Å². The molecule has 1 N–H and O–H groups in total. The molecule has 2 aromatic rings. The molecule has 0 aliphatic heterocycles.